The number of nitro groups is 1. The highest BCUT2D eigenvalue weighted by molar-refractivity contribution is 5.88. The Labute approximate surface area is 136 Å². The molecule has 0 amide bonds. The van der Waals surface area contributed by atoms with E-state index in [4.69, 9.17) is 5.73 Å². The van der Waals surface area contributed by atoms with Crippen molar-refractivity contribution in [1.82, 2.24) is 4.98 Å². The van der Waals surface area contributed by atoms with E-state index in [1.54, 1.807) is 25.1 Å². The summed E-state index contributed by atoms with van der Waals surface area (Å²) in [5, 5.41) is 29.8. The number of nitro benzene ring substituents is 1. The second kappa shape index (κ2) is 6.10. The molecule has 0 unspecified atom stereocenters. The Bertz CT molecular complexity index is 978. The summed E-state index contributed by atoms with van der Waals surface area (Å²) in [7, 11) is 3.39. The Morgan fingerprint density at radius 3 is 2.38 bits per heavy atom. The summed E-state index contributed by atoms with van der Waals surface area (Å²) in [5.74, 6) is -0.201. The van der Waals surface area contributed by atoms with Crippen LogP contribution in [0.25, 0.3) is 11.1 Å². The van der Waals surface area contributed by atoms with Crippen molar-refractivity contribution in [2.24, 2.45) is 0 Å². The zero-order valence-corrected chi connectivity index (χ0v) is 12.8. The molecule has 2 aromatic rings. The molecule has 9 nitrogen and oxygen atoms in total. The number of anilines is 2. The molecule has 9 heteroatoms. The van der Waals surface area contributed by atoms with Gasteiger partial charge < -0.3 is 15.6 Å². The van der Waals surface area contributed by atoms with Crippen LogP contribution in [0.4, 0.5) is 17.2 Å². The Hall–Kier alpha value is -3.85. The van der Waals surface area contributed by atoms with Crippen LogP contribution in [0.1, 0.15) is 11.1 Å². The highest BCUT2D eigenvalue weighted by Gasteiger charge is 2.23. The fourth-order valence-electron chi connectivity index (χ4n) is 2.34. The van der Waals surface area contributed by atoms with Crippen LogP contribution in [0.15, 0.2) is 23.0 Å². The van der Waals surface area contributed by atoms with E-state index in [0.717, 1.165) is 0 Å². The molecule has 0 atom stereocenters. The molecule has 0 bridgehead atoms. The minimum Gasteiger partial charge on any atom is -0.384 e. The predicted molar refractivity (Wildman–Crippen MR) is 87.3 cm³/mol. The Morgan fingerprint density at radius 2 is 1.88 bits per heavy atom. The van der Waals surface area contributed by atoms with E-state index < -0.39 is 10.5 Å². The van der Waals surface area contributed by atoms with E-state index in [-0.39, 0.29) is 33.8 Å². The third-order valence-electron chi connectivity index (χ3n) is 3.41. The molecule has 0 radical (unpaired) electrons. The van der Waals surface area contributed by atoms with Gasteiger partial charge in [-0.15, -0.1) is 0 Å². The van der Waals surface area contributed by atoms with Gasteiger partial charge in [-0.2, -0.15) is 10.5 Å². The van der Waals surface area contributed by atoms with E-state index in [9.17, 15) is 25.4 Å². The first-order valence-corrected chi connectivity index (χ1v) is 6.63. The number of nitriles is 2. The molecule has 1 heterocycles. The van der Waals surface area contributed by atoms with Crippen LogP contribution < -0.4 is 16.2 Å². The summed E-state index contributed by atoms with van der Waals surface area (Å²) in [6.07, 6.45) is 0. The van der Waals surface area contributed by atoms with Gasteiger partial charge >= 0.3 is 0 Å². The lowest BCUT2D eigenvalue weighted by atomic mass is 9.94. The molecule has 0 saturated heterocycles. The van der Waals surface area contributed by atoms with Crippen molar-refractivity contribution in [2.75, 3.05) is 24.7 Å². The van der Waals surface area contributed by atoms with E-state index in [1.807, 2.05) is 6.07 Å². The van der Waals surface area contributed by atoms with Crippen molar-refractivity contribution >= 4 is 17.2 Å². The summed E-state index contributed by atoms with van der Waals surface area (Å²) in [6, 6.07) is 7.58. The van der Waals surface area contributed by atoms with Gasteiger partial charge in [0.1, 0.15) is 29.1 Å². The van der Waals surface area contributed by atoms with Gasteiger partial charge in [0.25, 0.3) is 11.2 Å². The number of benzene rings is 1. The molecule has 0 saturated carbocycles. The topological polar surface area (TPSA) is 153 Å². The van der Waals surface area contributed by atoms with Gasteiger partial charge in [0.2, 0.25) is 0 Å². The van der Waals surface area contributed by atoms with E-state index in [0.29, 0.717) is 5.69 Å². The molecule has 0 fully saturated rings. The van der Waals surface area contributed by atoms with Gasteiger partial charge in [0, 0.05) is 43.0 Å². The average Bonchev–Trinajstić information content (AvgIpc) is 2.53. The number of nitrogens with two attached hydrogens (primary N) is 1. The monoisotopic (exact) mass is 324 g/mol. The molecule has 1 aromatic heterocycles. The van der Waals surface area contributed by atoms with Crippen LogP contribution >= 0.6 is 0 Å². The normalized spacial score (nSPS) is 9.83. The Balaban J connectivity index is 3.03. The molecule has 0 aliphatic carbocycles. The van der Waals surface area contributed by atoms with Crippen molar-refractivity contribution in [3.63, 3.8) is 0 Å². The van der Waals surface area contributed by atoms with Gasteiger partial charge in [-0.1, -0.05) is 0 Å². The lowest BCUT2D eigenvalue weighted by Gasteiger charge is -2.19. The molecule has 0 aliphatic rings. The Kier molecular flexibility index (Phi) is 4.20. The number of nitrogen functional groups attached to an aromatic ring is 1. The molecule has 1 aromatic carbocycles. The van der Waals surface area contributed by atoms with Crippen molar-refractivity contribution in [3.8, 4) is 23.3 Å². The first kappa shape index (κ1) is 16.5. The third kappa shape index (κ3) is 2.62. The fraction of sp³-hybridized carbons (Fsp3) is 0.133. The van der Waals surface area contributed by atoms with Crippen LogP contribution in [-0.2, 0) is 0 Å². The number of non-ortho nitro benzene ring substituents is 1. The first-order chi connectivity index (χ1) is 11.3. The molecular weight excluding hydrogens is 312 g/mol. The zero-order chi connectivity index (χ0) is 18.0. The number of pyridine rings is 1. The molecule has 120 valence electrons. The van der Waals surface area contributed by atoms with Crippen LogP contribution in [0, 0.1) is 32.8 Å². The summed E-state index contributed by atoms with van der Waals surface area (Å²) in [6.45, 7) is 0. The van der Waals surface area contributed by atoms with Crippen molar-refractivity contribution < 1.29 is 4.92 Å². The van der Waals surface area contributed by atoms with E-state index in [1.165, 1.54) is 18.2 Å². The highest BCUT2D eigenvalue weighted by Crippen LogP contribution is 2.37. The summed E-state index contributed by atoms with van der Waals surface area (Å²) in [4.78, 5) is 26.4. The van der Waals surface area contributed by atoms with Gasteiger partial charge in [0.15, 0.2) is 0 Å². The van der Waals surface area contributed by atoms with Crippen LogP contribution in [0.5, 0.6) is 0 Å². The maximum Gasteiger partial charge on any atom is 0.270 e. The number of rotatable bonds is 3. The van der Waals surface area contributed by atoms with Gasteiger partial charge in [-0.25, -0.2) is 0 Å². The molecule has 2 rings (SSSR count). The summed E-state index contributed by atoms with van der Waals surface area (Å²) >= 11 is 0. The third-order valence-corrected chi connectivity index (χ3v) is 3.41. The molecule has 24 heavy (non-hydrogen) atoms. The Morgan fingerprint density at radius 1 is 1.25 bits per heavy atom. The van der Waals surface area contributed by atoms with Crippen molar-refractivity contribution in [2.45, 2.75) is 0 Å². The predicted octanol–water partition coefficient (Wildman–Crippen LogP) is 1.34. The van der Waals surface area contributed by atoms with Gasteiger partial charge in [-0.05, 0) is 6.07 Å². The summed E-state index contributed by atoms with van der Waals surface area (Å²) in [5.41, 5.74) is 4.93. The lowest BCUT2D eigenvalue weighted by Crippen LogP contribution is -2.18. The maximum atomic E-state index is 12.0. The quantitative estimate of drug-likeness (QED) is 0.638. The number of aromatic amines is 1. The van der Waals surface area contributed by atoms with E-state index >= 15 is 0 Å². The molecular formula is C15H12N6O3. The van der Waals surface area contributed by atoms with Gasteiger partial charge in [-0.3, -0.25) is 14.9 Å². The number of nitrogens with one attached hydrogen (secondary N) is 1. The van der Waals surface area contributed by atoms with Crippen LogP contribution in [-0.4, -0.2) is 24.0 Å². The first-order valence-electron chi connectivity index (χ1n) is 6.63. The molecule has 0 aliphatic heterocycles. The van der Waals surface area contributed by atoms with Crippen LogP contribution in [0.2, 0.25) is 0 Å². The van der Waals surface area contributed by atoms with Crippen molar-refractivity contribution in [3.05, 3.63) is 49.8 Å². The lowest BCUT2D eigenvalue weighted by molar-refractivity contribution is -0.384. The largest absolute Gasteiger partial charge is 0.384 e. The smallest absolute Gasteiger partial charge is 0.270 e. The second-order valence-electron chi connectivity index (χ2n) is 5.07. The maximum absolute atomic E-state index is 12.0. The van der Waals surface area contributed by atoms with Crippen LogP contribution in [0.3, 0.4) is 0 Å². The SMILES string of the molecule is CN(C)c1ccc([N+](=O)[O-])cc1-c1c(C#N)c(N)[nH]c(=O)c1C#N. The fourth-order valence-corrected chi connectivity index (χ4v) is 2.34. The number of aromatic nitrogens is 1. The number of nitrogens with zero attached hydrogens (tertiary/aromatic N) is 4. The number of hydrogen-bond acceptors (Lipinski definition) is 7. The minimum atomic E-state index is -0.764. The van der Waals surface area contributed by atoms with Crippen molar-refractivity contribution in [1.29, 1.82) is 10.5 Å². The van der Waals surface area contributed by atoms with E-state index in [2.05, 4.69) is 4.98 Å². The molecule has 0 spiro atoms. The minimum absolute atomic E-state index is 0.0198. The number of hydrogen-bond donors (Lipinski definition) is 2. The van der Waals surface area contributed by atoms with Gasteiger partial charge in [0.05, 0.1) is 4.92 Å². The summed E-state index contributed by atoms with van der Waals surface area (Å²) < 4.78 is 0. The average molecular weight is 324 g/mol. The standard InChI is InChI=1S/C15H12N6O3/c1-20(2)12-4-3-8(21(23)24)5-9(12)13-10(6-16)14(18)19-15(22)11(13)7-17/h3-5H,1-2H3,(H3,18,19,22). The second-order valence-corrected chi connectivity index (χ2v) is 5.07. The molecule has 3 N–H and O–H groups in total. The zero-order valence-electron chi connectivity index (χ0n) is 12.8. The highest BCUT2D eigenvalue weighted by atomic mass is 16.6. The number of H-pyrrole nitrogens is 1.